The van der Waals surface area contributed by atoms with Gasteiger partial charge in [0, 0.05) is 35.3 Å². The Balaban J connectivity index is 0.00000110. The van der Waals surface area contributed by atoms with Crippen LogP contribution >= 0.6 is 8.58 Å². The van der Waals surface area contributed by atoms with Gasteiger partial charge >= 0.3 is 0 Å². The Morgan fingerprint density at radius 2 is 1.95 bits per heavy atom. The molecule has 3 heterocycles. The first-order valence-corrected chi connectivity index (χ1v) is 16.2. The van der Waals surface area contributed by atoms with E-state index in [4.69, 9.17) is 4.74 Å². The van der Waals surface area contributed by atoms with Gasteiger partial charge in [-0.15, -0.1) is 0 Å². The third-order valence-corrected chi connectivity index (χ3v) is 7.55. The number of benzene rings is 1. The average molecular weight is 583 g/mol. The van der Waals surface area contributed by atoms with Crippen molar-refractivity contribution in [1.29, 1.82) is 0 Å². The van der Waals surface area contributed by atoms with Crippen molar-refractivity contribution in [2.45, 2.75) is 98.8 Å². The van der Waals surface area contributed by atoms with Crippen LogP contribution in [0.15, 0.2) is 58.6 Å². The number of carbonyl (C=O) groups is 1. The second kappa shape index (κ2) is 18.5. The number of unbranched alkanes of at least 4 members (excludes halogenated alkanes) is 1. The van der Waals surface area contributed by atoms with Gasteiger partial charge in [0.05, 0.1) is 23.7 Å². The molecular formula is C33H48FN4O2P. The van der Waals surface area contributed by atoms with Gasteiger partial charge in [-0.05, 0) is 62.2 Å². The van der Waals surface area contributed by atoms with Gasteiger partial charge in [0.1, 0.15) is 5.82 Å². The van der Waals surface area contributed by atoms with E-state index in [-0.39, 0.29) is 23.5 Å². The van der Waals surface area contributed by atoms with Gasteiger partial charge in [0.15, 0.2) is 0 Å². The summed E-state index contributed by atoms with van der Waals surface area (Å²) in [6, 6.07) is 6.22. The van der Waals surface area contributed by atoms with Crippen LogP contribution in [0, 0.1) is 5.82 Å². The molecule has 4 rings (SSSR count). The zero-order valence-corrected chi connectivity index (χ0v) is 26.8. The zero-order valence-electron chi connectivity index (χ0n) is 25.8. The average Bonchev–Trinajstić information content (AvgIpc) is 2.99. The van der Waals surface area contributed by atoms with Crippen molar-refractivity contribution in [3.8, 4) is 5.88 Å². The normalized spacial score (nSPS) is 18.9. The van der Waals surface area contributed by atoms with Crippen LogP contribution in [0.4, 0.5) is 10.1 Å². The molecule has 2 N–H and O–H groups in total. The molecule has 1 amide bonds. The second-order valence-corrected chi connectivity index (χ2v) is 11.2. The molecule has 0 aliphatic carbocycles. The lowest BCUT2D eigenvalue weighted by molar-refractivity contribution is 0.102. The number of nitrogens with one attached hydrogen (secondary N) is 2. The molecule has 2 aromatic rings. The molecule has 1 aromatic carbocycles. The first-order chi connectivity index (χ1) is 19.9. The summed E-state index contributed by atoms with van der Waals surface area (Å²) in [5.41, 5.74) is 3.48. The van der Waals surface area contributed by atoms with Crippen LogP contribution < -0.4 is 15.4 Å². The number of anilines is 1. The molecule has 0 radical (unpaired) electrons. The van der Waals surface area contributed by atoms with Crippen LogP contribution in [0.2, 0.25) is 0 Å². The Morgan fingerprint density at radius 1 is 1.20 bits per heavy atom. The SMILES string of the molecule is CC.CC/C=C1/N=CC(NC(C)c2cc(NC(=O)c3cnc4c(c3)CCCO4)ccc2F)P/C1=C\CCC.CCC. The summed E-state index contributed by atoms with van der Waals surface area (Å²) in [5.74, 6) is 0.0261. The van der Waals surface area contributed by atoms with E-state index >= 15 is 0 Å². The van der Waals surface area contributed by atoms with Crippen LogP contribution in [0.1, 0.15) is 108 Å². The number of hydrogen-bond acceptors (Lipinski definition) is 5. The van der Waals surface area contributed by atoms with Crippen molar-refractivity contribution >= 4 is 26.4 Å². The topological polar surface area (TPSA) is 75.6 Å². The van der Waals surface area contributed by atoms with Crippen LogP contribution in [-0.4, -0.2) is 29.5 Å². The summed E-state index contributed by atoms with van der Waals surface area (Å²) in [6.07, 6.45) is 13.9. The number of fused-ring (bicyclic) bond motifs is 1. The first-order valence-electron chi connectivity index (χ1n) is 15.1. The number of rotatable bonds is 8. The summed E-state index contributed by atoms with van der Waals surface area (Å²) >= 11 is 0. The molecule has 41 heavy (non-hydrogen) atoms. The maximum Gasteiger partial charge on any atom is 0.257 e. The number of aliphatic imine (C=N–C) groups is 1. The third kappa shape index (κ3) is 10.5. The van der Waals surface area contributed by atoms with Gasteiger partial charge in [-0.25, -0.2) is 9.37 Å². The molecule has 0 saturated carbocycles. The Kier molecular flexibility index (Phi) is 15.5. The van der Waals surface area contributed by atoms with E-state index in [1.165, 1.54) is 24.0 Å². The molecule has 6 nitrogen and oxygen atoms in total. The molecule has 0 saturated heterocycles. The fourth-order valence-electron chi connectivity index (χ4n) is 4.27. The minimum atomic E-state index is -0.315. The summed E-state index contributed by atoms with van der Waals surface area (Å²) in [4.78, 5) is 21.8. The largest absolute Gasteiger partial charge is 0.477 e. The van der Waals surface area contributed by atoms with E-state index in [1.807, 2.05) is 33.1 Å². The summed E-state index contributed by atoms with van der Waals surface area (Å²) < 4.78 is 20.3. The minimum absolute atomic E-state index is 0.0264. The lowest BCUT2D eigenvalue weighted by Crippen LogP contribution is -2.31. The number of carbonyl (C=O) groups excluding carboxylic acids is 1. The molecule has 0 bridgehead atoms. The lowest BCUT2D eigenvalue weighted by atomic mass is 10.1. The molecule has 0 fully saturated rings. The summed E-state index contributed by atoms with van der Waals surface area (Å²) in [6.45, 7) is 15.1. The fraction of sp³-hybridized carbons (Fsp3) is 0.485. The fourth-order valence-corrected chi connectivity index (χ4v) is 5.67. The van der Waals surface area contributed by atoms with Crippen LogP contribution in [0.25, 0.3) is 0 Å². The molecule has 2 aliphatic heterocycles. The minimum Gasteiger partial charge on any atom is -0.477 e. The Hall–Kier alpha value is -2.89. The van der Waals surface area contributed by atoms with Crippen molar-refractivity contribution in [1.82, 2.24) is 10.3 Å². The number of aromatic nitrogens is 1. The monoisotopic (exact) mass is 582 g/mol. The number of allylic oxidation sites excluding steroid dienone is 3. The van der Waals surface area contributed by atoms with Crippen LogP contribution in [-0.2, 0) is 6.42 Å². The molecule has 8 heteroatoms. The summed E-state index contributed by atoms with van der Waals surface area (Å²) in [5, 5.41) is 7.66. The molecule has 0 spiro atoms. The van der Waals surface area contributed by atoms with Crippen LogP contribution in [0.5, 0.6) is 5.88 Å². The molecule has 3 atom stereocenters. The predicted molar refractivity (Wildman–Crippen MR) is 173 cm³/mol. The maximum atomic E-state index is 14.8. The van der Waals surface area contributed by atoms with E-state index in [0.717, 1.165) is 43.4 Å². The number of ether oxygens (including phenoxy) is 1. The van der Waals surface area contributed by atoms with Crippen molar-refractivity contribution in [2.24, 2.45) is 4.99 Å². The number of pyridine rings is 1. The number of hydrogen-bond donors (Lipinski definition) is 2. The van der Waals surface area contributed by atoms with Crippen molar-refractivity contribution in [3.63, 3.8) is 0 Å². The smallest absolute Gasteiger partial charge is 0.257 e. The van der Waals surface area contributed by atoms with E-state index < -0.39 is 0 Å². The highest BCUT2D eigenvalue weighted by Crippen LogP contribution is 2.39. The Morgan fingerprint density at radius 3 is 2.66 bits per heavy atom. The first kappa shape index (κ1) is 34.3. The molecule has 224 valence electrons. The van der Waals surface area contributed by atoms with Crippen LogP contribution in [0.3, 0.4) is 0 Å². The number of aryl methyl sites for hydroxylation is 1. The Bertz CT molecular complexity index is 1210. The molecule has 1 aromatic heterocycles. The third-order valence-electron chi connectivity index (χ3n) is 6.15. The highest BCUT2D eigenvalue weighted by atomic mass is 31.1. The van der Waals surface area contributed by atoms with Crippen molar-refractivity contribution in [2.75, 3.05) is 11.9 Å². The lowest BCUT2D eigenvalue weighted by Gasteiger charge is -2.26. The van der Waals surface area contributed by atoms with Gasteiger partial charge in [0.2, 0.25) is 5.88 Å². The number of amides is 1. The quantitative estimate of drug-likeness (QED) is 0.305. The van der Waals surface area contributed by atoms with Gasteiger partial charge in [-0.3, -0.25) is 15.1 Å². The predicted octanol–water partition coefficient (Wildman–Crippen LogP) is 8.96. The Labute approximate surface area is 248 Å². The highest BCUT2D eigenvalue weighted by molar-refractivity contribution is 7.45. The molecule has 2 aliphatic rings. The molecule has 3 unspecified atom stereocenters. The van der Waals surface area contributed by atoms with Gasteiger partial charge in [0.25, 0.3) is 5.91 Å². The van der Waals surface area contributed by atoms with Gasteiger partial charge in [-0.2, -0.15) is 0 Å². The van der Waals surface area contributed by atoms with Gasteiger partial charge < -0.3 is 10.1 Å². The standard InChI is InChI=1S/C28H34FN4O2P.C3H8.C2H6/c1-4-6-10-25-24(8-5-2)30-17-26(36-25)32-18(3)22-15-21(11-12-23(22)29)33-27(34)20-14-19-9-7-13-35-28(19)31-16-20;1-3-2;1-2/h8,10-12,14-18,26,32,36H,4-7,9,13H2,1-3H3,(H,33,34);3H2,1-2H3;1-2H3/b24-8+,25-10-;;. The van der Waals surface area contributed by atoms with Crippen molar-refractivity contribution in [3.05, 3.63) is 76.1 Å². The van der Waals surface area contributed by atoms with E-state index in [0.29, 0.717) is 37.9 Å². The van der Waals surface area contributed by atoms with E-state index in [9.17, 15) is 9.18 Å². The van der Waals surface area contributed by atoms with Gasteiger partial charge in [-0.1, -0.05) is 75.1 Å². The summed E-state index contributed by atoms with van der Waals surface area (Å²) in [7, 11) is 0.518. The van der Waals surface area contributed by atoms with Crippen molar-refractivity contribution < 1.29 is 13.9 Å². The number of halogens is 1. The second-order valence-electron chi connectivity index (χ2n) is 9.73. The number of nitrogens with zero attached hydrogens (tertiary/aromatic N) is 2. The molecular weight excluding hydrogens is 534 g/mol. The van der Waals surface area contributed by atoms with E-state index in [2.05, 4.69) is 60.5 Å². The maximum absolute atomic E-state index is 14.8. The van der Waals surface area contributed by atoms with E-state index in [1.54, 1.807) is 12.1 Å². The highest BCUT2D eigenvalue weighted by Gasteiger charge is 2.21. The zero-order chi connectivity index (χ0) is 30.2.